The lowest BCUT2D eigenvalue weighted by Gasteiger charge is -2.23. The summed E-state index contributed by atoms with van der Waals surface area (Å²) in [4.78, 5) is 0. The van der Waals surface area contributed by atoms with Crippen LogP contribution in [0, 0.1) is 0 Å². The zero-order valence-corrected chi connectivity index (χ0v) is 11.7. The molecular weight excluding hydrogens is 263 g/mol. The van der Waals surface area contributed by atoms with Crippen LogP contribution in [0.2, 0.25) is 10.0 Å². The standard InChI is InChI=1S/C11H14Cl2N2S/c1-11(2,3)15-10(16)14-7-4-5-8(12)9(13)6-7/h4-6H,1-3H3,(H2,14,15,16). The van der Waals surface area contributed by atoms with E-state index < -0.39 is 0 Å². The van der Waals surface area contributed by atoms with E-state index >= 15 is 0 Å². The van der Waals surface area contributed by atoms with E-state index in [0.29, 0.717) is 15.2 Å². The smallest absolute Gasteiger partial charge is 0.171 e. The highest BCUT2D eigenvalue weighted by Gasteiger charge is 2.11. The Morgan fingerprint density at radius 1 is 1.19 bits per heavy atom. The molecule has 0 saturated carbocycles. The van der Waals surface area contributed by atoms with E-state index in [-0.39, 0.29) is 5.54 Å². The first kappa shape index (κ1) is 13.6. The summed E-state index contributed by atoms with van der Waals surface area (Å²) in [5.74, 6) is 0. The second-order valence-electron chi connectivity index (χ2n) is 4.46. The van der Waals surface area contributed by atoms with Gasteiger partial charge in [0.25, 0.3) is 0 Å². The maximum absolute atomic E-state index is 5.89. The van der Waals surface area contributed by atoms with Gasteiger partial charge in [0.05, 0.1) is 10.0 Å². The summed E-state index contributed by atoms with van der Waals surface area (Å²) < 4.78 is 0. The van der Waals surface area contributed by atoms with Crippen LogP contribution in [-0.2, 0) is 0 Å². The lowest BCUT2D eigenvalue weighted by molar-refractivity contribution is 0.515. The van der Waals surface area contributed by atoms with E-state index in [1.807, 2.05) is 26.8 Å². The molecule has 0 spiro atoms. The number of halogens is 2. The van der Waals surface area contributed by atoms with Crippen molar-refractivity contribution in [2.45, 2.75) is 26.3 Å². The summed E-state index contributed by atoms with van der Waals surface area (Å²) in [5.41, 5.74) is 0.747. The summed E-state index contributed by atoms with van der Waals surface area (Å²) >= 11 is 16.9. The second-order valence-corrected chi connectivity index (χ2v) is 5.68. The minimum absolute atomic E-state index is 0.0691. The third-order valence-corrected chi connectivity index (χ3v) is 2.61. The monoisotopic (exact) mass is 276 g/mol. The summed E-state index contributed by atoms with van der Waals surface area (Å²) in [7, 11) is 0. The van der Waals surface area contributed by atoms with Crippen LogP contribution < -0.4 is 10.6 Å². The van der Waals surface area contributed by atoms with Crippen LogP contribution in [0.25, 0.3) is 0 Å². The highest BCUT2D eigenvalue weighted by Crippen LogP contribution is 2.24. The van der Waals surface area contributed by atoms with Crippen molar-refractivity contribution < 1.29 is 0 Å². The zero-order chi connectivity index (χ0) is 12.3. The Morgan fingerprint density at radius 3 is 2.31 bits per heavy atom. The second kappa shape index (κ2) is 5.21. The molecule has 88 valence electrons. The van der Waals surface area contributed by atoms with Crippen molar-refractivity contribution in [3.8, 4) is 0 Å². The molecule has 0 unspecified atom stereocenters. The summed E-state index contributed by atoms with van der Waals surface area (Å²) in [6, 6.07) is 5.29. The van der Waals surface area contributed by atoms with Gasteiger partial charge in [-0.15, -0.1) is 0 Å². The van der Waals surface area contributed by atoms with Gasteiger partial charge in [-0.1, -0.05) is 23.2 Å². The number of nitrogens with one attached hydrogen (secondary N) is 2. The minimum Gasteiger partial charge on any atom is -0.358 e. The molecule has 2 nitrogen and oxygen atoms in total. The Hall–Kier alpha value is -0.510. The molecular formula is C11H14Cl2N2S. The SMILES string of the molecule is CC(C)(C)NC(=S)Nc1ccc(Cl)c(Cl)c1. The lowest BCUT2D eigenvalue weighted by Crippen LogP contribution is -2.42. The normalized spacial score (nSPS) is 11.1. The van der Waals surface area contributed by atoms with Crippen molar-refractivity contribution in [2.75, 3.05) is 5.32 Å². The number of rotatable bonds is 1. The minimum atomic E-state index is -0.0691. The van der Waals surface area contributed by atoms with Crippen molar-refractivity contribution in [3.63, 3.8) is 0 Å². The number of hydrogen-bond acceptors (Lipinski definition) is 1. The molecule has 1 aromatic rings. The van der Waals surface area contributed by atoms with Gasteiger partial charge in [-0.05, 0) is 51.2 Å². The van der Waals surface area contributed by atoms with Crippen LogP contribution in [0.15, 0.2) is 18.2 Å². The van der Waals surface area contributed by atoms with Crippen molar-refractivity contribution in [2.24, 2.45) is 0 Å². The fourth-order valence-electron chi connectivity index (χ4n) is 1.08. The molecule has 0 radical (unpaired) electrons. The highest BCUT2D eigenvalue weighted by molar-refractivity contribution is 7.80. The van der Waals surface area contributed by atoms with Gasteiger partial charge < -0.3 is 10.6 Å². The Kier molecular flexibility index (Phi) is 4.42. The molecule has 0 bridgehead atoms. The van der Waals surface area contributed by atoms with Gasteiger partial charge in [-0.3, -0.25) is 0 Å². The van der Waals surface area contributed by atoms with Crippen LogP contribution in [0.4, 0.5) is 5.69 Å². The molecule has 0 aliphatic rings. The fourth-order valence-corrected chi connectivity index (χ4v) is 1.80. The maximum atomic E-state index is 5.89. The van der Waals surface area contributed by atoms with Crippen LogP contribution in [0.1, 0.15) is 20.8 Å². The van der Waals surface area contributed by atoms with Crippen LogP contribution >= 0.6 is 35.4 Å². The molecule has 0 aliphatic carbocycles. The van der Waals surface area contributed by atoms with Gasteiger partial charge in [0.15, 0.2) is 5.11 Å². The van der Waals surface area contributed by atoms with E-state index in [1.54, 1.807) is 12.1 Å². The average Bonchev–Trinajstić information content (AvgIpc) is 2.08. The molecule has 0 atom stereocenters. The van der Waals surface area contributed by atoms with Gasteiger partial charge in [-0.2, -0.15) is 0 Å². The quantitative estimate of drug-likeness (QED) is 0.756. The Labute approximate surface area is 111 Å². The Bertz CT molecular complexity index is 399. The molecule has 5 heteroatoms. The fraction of sp³-hybridized carbons (Fsp3) is 0.364. The summed E-state index contributed by atoms with van der Waals surface area (Å²) in [5, 5.41) is 7.79. The number of anilines is 1. The van der Waals surface area contributed by atoms with Crippen LogP contribution in [0.3, 0.4) is 0 Å². The molecule has 2 N–H and O–H groups in total. The van der Waals surface area contributed by atoms with Crippen molar-refractivity contribution in [3.05, 3.63) is 28.2 Å². The van der Waals surface area contributed by atoms with Crippen molar-refractivity contribution >= 4 is 46.2 Å². The number of benzene rings is 1. The lowest BCUT2D eigenvalue weighted by atomic mass is 10.1. The predicted molar refractivity (Wildman–Crippen MR) is 75.6 cm³/mol. The number of hydrogen-bond donors (Lipinski definition) is 2. The molecule has 0 heterocycles. The van der Waals surface area contributed by atoms with Crippen LogP contribution in [0.5, 0.6) is 0 Å². The first-order valence-corrected chi connectivity index (χ1v) is 5.98. The molecule has 0 saturated heterocycles. The molecule has 0 aliphatic heterocycles. The zero-order valence-electron chi connectivity index (χ0n) is 9.40. The predicted octanol–water partition coefficient (Wildman–Crippen LogP) is 4.08. The Balaban J connectivity index is 2.67. The highest BCUT2D eigenvalue weighted by atomic mass is 35.5. The van der Waals surface area contributed by atoms with E-state index in [1.165, 1.54) is 0 Å². The topological polar surface area (TPSA) is 24.1 Å². The molecule has 0 amide bonds. The van der Waals surface area contributed by atoms with Crippen LogP contribution in [-0.4, -0.2) is 10.7 Å². The van der Waals surface area contributed by atoms with Gasteiger partial charge in [0.1, 0.15) is 0 Å². The average molecular weight is 277 g/mol. The third-order valence-electron chi connectivity index (χ3n) is 1.67. The molecule has 16 heavy (non-hydrogen) atoms. The maximum Gasteiger partial charge on any atom is 0.171 e. The molecule has 0 aromatic heterocycles. The molecule has 1 aromatic carbocycles. The van der Waals surface area contributed by atoms with E-state index in [2.05, 4.69) is 10.6 Å². The first-order chi connectivity index (χ1) is 7.28. The van der Waals surface area contributed by atoms with E-state index in [4.69, 9.17) is 35.4 Å². The van der Waals surface area contributed by atoms with Crippen molar-refractivity contribution in [1.29, 1.82) is 0 Å². The largest absolute Gasteiger partial charge is 0.358 e. The van der Waals surface area contributed by atoms with Gasteiger partial charge in [-0.25, -0.2) is 0 Å². The van der Waals surface area contributed by atoms with Crippen molar-refractivity contribution in [1.82, 2.24) is 5.32 Å². The van der Waals surface area contributed by atoms with Gasteiger partial charge in [0.2, 0.25) is 0 Å². The summed E-state index contributed by atoms with van der Waals surface area (Å²) in [6.07, 6.45) is 0. The summed E-state index contributed by atoms with van der Waals surface area (Å²) in [6.45, 7) is 6.11. The van der Waals surface area contributed by atoms with Gasteiger partial charge in [0, 0.05) is 11.2 Å². The number of thiocarbonyl (C=S) groups is 1. The third kappa shape index (κ3) is 4.56. The van der Waals surface area contributed by atoms with E-state index in [9.17, 15) is 0 Å². The van der Waals surface area contributed by atoms with Gasteiger partial charge >= 0.3 is 0 Å². The molecule has 0 fully saturated rings. The first-order valence-electron chi connectivity index (χ1n) is 4.82. The van der Waals surface area contributed by atoms with E-state index in [0.717, 1.165) is 5.69 Å². The Morgan fingerprint density at radius 2 is 1.81 bits per heavy atom. The molecule has 1 rings (SSSR count).